The minimum Gasteiger partial charge on any atom is -0.391 e. The first-order valence-corrected chi connectivity index (χ1v) is 5.27. The summed E-state index contributed by atoms with van der Waals surface area (Å²) in [4.78, 5) is 1.17. The molecule has 0 fully saturated rings. The monoisotopic (exact) mass is 202 g/mol. The minimum absolute atomic E-state index is 0.305. The summed E-state index contributed by atoms with van der Waals surface area (Å²) in [6.45, 7) is 0. The van der Waals surface area contributed by atoms with Crippen molar-refractivity contribution in [3.05, 3.63) is 30.3 Å². The maximum Gasteiger partial charge on any atom is 0.0769 e. The van der Waals surface area contributed by atoms with E-state index in [0.29, 0.717) is 11.6 Å². The molecule has 0 saturated heterocycles. The molecule has 0 aromatic heterocycles. The topological polar surface area (TPSA) is 20.2 Å². The third-order valence-electron chi connectivity index (χ3n) is 1.36. The first kappa shape index (κ1) is 9.90. The summed E-state index contributed by atoms with van der Waals surface area (Å²) in [5, 5.41) is 9.17. The smallest absolute Gasteiger partial charge is 0.0769 e. The van der Waals surface area contributed by atoms with Crippen LogP contribution in [0.2, 0.25) is 0 Å². The van der Waals surface area contributed by atoms with Gasteiger partial charge in [0, 0.05) is 16.5 Å². The number of hydrogen-bond acceptors (Lipinski definition) is 2. The van der Waals surface area contributed by atoms with E-state index >= 15 is 0 Å². The number of rotatable bonds is 4. The largest absolute Gasteiger partial charge is 0.391 e. The predicted molar refractivity (Wildman–Crippen MR) is 53.9 cm³/mol. The summed E-state index contributed by atoms with van der Waals surface area (Å²) in [6, 6.07) is 9.98. The lowest BCUT2D eigenvalue weighted by Crippen LogP contribution is -2.10. The fourth-order valence-electron chi connectivity index (χ4n) is 0.754. The Morgan fingerprint density at radius 1 is 1.33 bits per heavy atom. The summed E-state index contributed by atoms with van der Waals surface area (Å²) in [6.07, 6.45) is -0.406. The van der Waals surface area contributed by atoms with Crippen molar-refractivity contribution in [2.45, 2.75) is 11.0 Å². The van der Waals surface area contributed by atoms with Crippen LogP contribution >= 0.6 is 23.4 Å². The lowest BCUT2D eigenvalue weighted by Gasteiger charge is -2.05. The molecule has 12 heavy (non-hydrogen) atoms. The van der Waals surface area contributed by atoms with Crippen molar-refractivity contribution in [1.82, 2.24) is 0 Å². The van der Waals surface area contributed by atoms with E-state index in [9.17, 15) is 0 Å². The van der Waals surface area contributed by atoms with Crippen LogP contribution in [0.4, 0.5) is 0 Å². The Morgan fingerprint density at radius 2 is 2.00 bits per heavy atom. The first-order chi connectivity index (χ1) is 5.83. The molecule has 0 aliphatic carbocycles. The quantitative estimate of drug-likeness (QED) is 0.598. The van der Waals surface area contributed by atoms with Gasteiger partial charge in [-0.05, 0) is 12.1 Å². The Hall–Kier alpha value is -0.180. The summed E-state index contributed by atoms with van der Waals surface area (Å²) < 4.78 is 0. The molecular weight excluding hydrogens is 192 g/mol. The van der Waals surface area contributed by atoms with Gasteiger partial charge < -0.3 is 5.11 Å². The lowest BCUT2D eigenvalue weighted by atomic mass is 10.4. The number of thioether (sulfide) groups is 1. The van der Waals surface area contributed by atoms with E-state index in [1.807, 2.05) is 30.3 Å². The number of aliphatic hydroxyl groups is 1. The average Bonchev–Trinajstić information content (AvgIpc) is 2.16. The minimum atomic E-state index is -0.406. The molecule has 0 unspecified atom stereocenters. The molecule has 1 nitrogen and oxygen atoms in total. The number of hydrogen-bond donors (Lipinski definition) is 1. The molecule has 3 heteroatoms. The predicted octanol–water partition coefficient (Wildman–Crippen LogP) is 2.38. The highest BCUT2D eigenvalue weighted by atomic mass is 35.5. The van der Waals surface area contributed by atoms with Crippen molar-refractivity contribution in [1.29, 1.82) is 0 Å². The zero-order valence-corrected chi connectivity index (χ0v) is 8.18. The summed E-state index contributed by atoms with van der Waals surface area (Å²) in [7, 11) is 0. The van der Waals surface area contributed by atoms with Crippen LogP contribution in [0.3, 0.4) is 0 Å². The molecule has 1 aromatic rings. The van der Waals surface area contributed by atoms with E-state index in [1.54, 1.807) is 11.8 Å². The molecule has 0 bridgehead atoms. The molecule has 0 aliphatic rings. The summed E-state index contributed by atoms with van der Waals surface area (Å²) >= 11 is 7.07. The Morgan fingerprint density at radius 3 is 2.58 bits per heavy atom. The third-order valence-corrected chi connectivity index (χ3v) is 2.88. The molecule has 66 valence electrons. The van der Waals surface area contributed by atoms with E-state index < -0.39 is 6.10 Å². The van der Waals surface area contributed by atoms with Crippen LogP contribution < -0.4 is 0 Å². The van der Waals surface area contributed by atoms with Gasteiger partial charge in [-0.1, -0.05) is 18.2 Å². The summed E-state index contributed by atoms with van der Waals surface area (Å²) in [5.74, 6) is 0.966. The van der Waals surface area contributed by atoms with E-state index in [0.717, 1.165) is 0 Å². The second-order valence-electron chi connectivity index (χ2n) is 2.43. The van der Waals surface area contributed by atoms with Crippen LogP contribution in [0.15, 0.2) is 35.2 Å². The highest BCUT2D eigenvalue weighted by Crippen LogP contribution is 2.17. The fraction of sp³-hybridized carbons (Fsp3) is 0.333. The molecule has 0 spiro atoms. The van der Waals surface area contributed by atoms with Crippen LogP contribution in [0, 0.1) is 0 Å². The van der Waals surface area contributed by atoms with Gasteiger partial charge in [-0.25, -0.2) is 0 Å². The van der Waals surface area contributed by atoms with Gasteiger partial charge in [-0.15, -0.1) is 23.4 Å². The van der Waals surface area contributed by atoms with Crippen molar-refractivity contribution in [3.63, 3.8) is 0 Å². The van der Waals surface area contributed by atoms with Crippen LogP contribution in [-0.2, 0) is 0 Å². The zero-order chi connectivity index (χ0) is 8.81. The molecular formula is C9H11ClOS. The van der Waals surface area contributed by atoms with Crippen LogP contribution in [0.25, 0.3) is 0 Å². The summed E-state index contributed by atoms with van der Waals surface area (Å²) in [5.41, 5.74) is 0. The van der Waals surface area contributed by atoms with Crippen LogP contribution in [0.5, 0.6) is 0 Å². The molecule has 1 N–H and O–H groups in total. The number of aliphatic hydroxyl groups excluding tert-OH is 1. The second-order valence-corrected chi connectivity index (χ2v) is 3.83. The normalized spacial score (nSPS) is 12.8. The van der Waals surface area contributed by atoms with Crippen molar-refractivity contribution < 1.29 is 5.11 Å². The van der Waals surface area contributed by atoms with Gasteiger partial charge in [0.1, 0.15) is 0 Å². The first-order valence-electron chi connectivity index (χ1n) is 3.75. The van der Waals surface area contributed by atoms with Gasteiger partial charge in [0.2, 0.25) is 0 Å². The third kappa shape index (κ3) is 3.48. The van der Waals surface area contributed by atoms with Gasteiger partial charge >= 0.3 is 0 Å². The van der Waals surface area contributed by atoms with Crippen LogP contribution in [-0.4, -0.2) is 22.8 Å². The maximum absolute atomic E-state index is 9.17. The fourth-order valence-corrected chi connectivity index (χ4v) is 1.84. The SMILES string of the molecule is O[C@@H](CCl)CSc1ccccc1. The number of alkyl halides is 1. The Labute approximate surface area is 81.7 Å². The van der Waals surface area contributed by atoms with Crippen molar-refractivity contribution in [2.75, 3.05) is 11.6 Å². The average molecular weight is 203 g/mol. The molecule has 0 saturated carbocycles. The van der Waals surface area contributed by atoms with E-state index in [-0.39, 0.29) is 0 Å². The van der Waals surface area contributed by atoms with Crippen LogP contribution in [0.1, 0.15) is 0 Å². The maximum atomic E-state index is 9.17. The van der Waals surface area contributed by atoms with Crippen molar-refractivity contribution >= 4 is 23.4 Å². The van der Waals surface area contributed by atoms with Gasteiger partial charge in [0.25, 0.3) is 0 Å². The van der Waals surface area contributed by atoms with Crippen molar-refractivity contribution in [2.24, 2.45) is 0 Å². The lowest BCUT2D eigenvalue weighted by molar-refractivity contribution is 0.223. The number of benzene rings is 1. The Kier molecular flexibility index (Phi) is 4.51. The van der Waals surface area contributed by atoms with Gasteiger partial charge in [0.15, 0.2) is 0 Å². The molecule has 1 aromatic carbocycles. The molecule has 1 rings (SSSR count). The highest BCUT2D eigenvalue weighted by molar-refractivity contribution is 7.99. The highest BCUT2D eigenvalue weighted by Gasteiger charge is 2.01. The molecule has 0 amide bonds. The molecule has 1 atom stereocenters. The molecule has 0 heterocycles. The van der Waals surface area contributed by atoms with Crippen molar-refractivity contribution in [3.8, 4) is 0 Å². The van der Waals surface area contributed by atoms with E-state index in [1.165, 1.54) is 4.90 Å². The van der Waals surface area contributed by atoms with Gasteiger partial charge in [0.05, 0.1) is 6.10 Å². The Balaban J connectivity index is 2.33. The zero-order valence-electron chi connectivity index (χ0n) is 6.61. The van der Waals surface area contributed by atoms with E-state index in [2.05, 4.69) is 0 Å². The second kappa shape index (κ2) is 5.46. The Bertz CT molecular complexity index is 215. The van der Waals surface area contributed by atoms with E-state index in [4.69, 9.17) is 16.7 Å². The van der Waals surface area contributed by atoms with Gasteiger partial charge in [-0.2, -0.15) is 0 Å². The molecule has 0 aliphatic heterocycles. The molecule has 0 radical (unpaired) electrons. The van der Waals surface area contributed by atoms with Gasteiger partial charge in [-0.3, -0.25) is 0 Å². The standard InChI is InChI=1S/C9H11ClOS/c10-6-8(11)7-12-9-4-2-1-3-5-9/h1-5,8,11H,6-7H2/t8-/m0/s1. The number of halogens is 1.